The van der Waals surface area contributed by atoms with Crippen LogP contribution in [0.15, 0.2) is 16.6 Å². The van der Waals surface area contributed by atoms with Crippen LogP contribution < -0.4 is 15.8 Å². The minimum atomic E-state index is -3.35. The van der Waals surface area contributed by atoms with Crippen LogP contribution in [-0.4, -0.2) is 31.7 Å². The lowest BCUT2D eigenvalue weighted by Crippen LogP contribution is -2.47. The molecule has 4 N–H and O–H groups in total. The fraction of sp³-hybridized carbons (Fsp3) is 0.417. The molecule has 0 atom stereocenters. The lowest BCUT2D eigenvalue weighted by atomic mass is 10.1. The van der Waals surface area contributed by atoms with Gasteiger partial charge in [0.1, 0.15) is 4.99 Å². The molecule has 21 heavy (non-hydrogen) atoms. The molecule has 0 spiro atoms. The molecule has 0 aliphatic heterocycles. The van der Waals surface area contributed by atoms with Gasteiger partial charge >= 0.3 is 0 Å². The van der Waals surface area contributed by atoms with Gasteiger partial charge in [-0.15, -0.1) is 0 Å². The molecule has 5 nitrogen and oxygen atoms in total. The van der Waals surface area contributed by atoms with E-state index in [0.717, 1.165) is 6.26 Å². The lowest BCUT2D eigenvalue weighted by molar-refractivity contribution is 0.475. The molecule has 9 heteroatoms. The molecular formula is C12H17BrFN3O2S2. The second kappa shape index (κ2) is 6.55. The van der Waals surface area contributed by atoms with Crippen LogP contribution in [0, 0.1) is 5.82 Å². The molecule has 0 amide bonds. The van der Waals surface area contributed by atoms with Gasteiger partial charge in [0.25, 0.3) is 0 Å². The van der Waals surface area contributed by atoms with E-state index in [1.54, 1.807) is 19.9 Å². The number of nitrogens with two attached hydrogens (primary N) is 1. The quantitative estimate of drug-likeness (QED) is 0.638. The van der Waals surface area contributed by atoms with Crippen LogP contribution in [0.4, 0.5) is 10.1 Å². The summed E-state index contributed by atoms with van der Waals surface area (Å²) in [6.45, 7) is 3.59. The fourth-order valence-electron chi connectivity index (χ4n) is 1.73. The van der Waals surface area contributed by atoms with Gasteiger partial charge in [0, 0.05) is 17.6 Å². The second-order valence-electron chi connectivity index (χ2n) is 5.26. The molecule has 0 saturated heterocycles. The number of sulfonamides is 1. The number of hydrogen-bond donors (Lipinski definition) is 3. The molecule has 0 unspecified atom stereocenters. The number of benzene rings is 1. The summed E-state index contributed by atoms with van der Waals surface area (Å²) in [7, 11) is -3.35. The van der Waals surface area contributed by atoms with Crippen molar-refractivity contribution in [3.05, 3.63) is 28.0 Å². The van der Waals surface area contributed by atoms with Gasteiger partial charge in [-0.1, -0.05) is 12.2 Å². The summed E-state index contributed by atoms with van der Waals surface area (Å²) in [6.07, 6.45) is 1.07. The average Bonchev–Trinajstić information content (AvgIpc) is 2.27. The van der Waals surface area contributed by atoms with Crippen LogP contribution in [-0.2, 0) is 10.0 Å². The van der Waals surface area contributed by atoms with Gasteiger partial charge in [-0.05, 0) is 41.9 Å². The third-order valence-corrected chi connectivity index (χ3v) is 4.45. The van der Waals surface area contributed by atoms with Crippen molar-refractivity contribution in [2.75, 3.05) is 18.1 Å². The SMILES string of the molecule is CC(C)(CNc1ccc(C(N)=S)c(Br)c1F)NS(C)(=O)=O. The van der Waals surface area contributed by atoms with Crippen LogP contribution in [0.25, 0.3) is 0 Å². The lowest BCUT2D eigenvalue weighted by Gasteiger charge is -2.26. The zero-order valence-corrected chi connectivity index (χ0v) is 15.0. The summed E-state index contributed by atoms with van der Waals surface area (Å²) in [4.78, 5) is 0.0893. The molecule has 0 fully saturated rings. The van der Waals surface area contributed by atoms with Crippen molar-refractivity contribution in [2.24, 2.45) is 5.73 Å². The molecule has 0 heterocycles. The maximum absolute atomic E-state index is 14.2. The first-order chi connectivity index (χ1) is 9.43. The Bertz CT molecular complexity index is 663. The third-order valence-electron chi connectivity index (χ3n) is 2.53. The van der Waals surface area contributed by atoms with Crippen molar-refractivity contribution < 1.29 is 12.8 Å². The van der Waals surface area contributed by atoms with Gasteiger partial charge in [0.2, 0.25) is 10.0 Å². The van der Waals surface area contributed by atoms with Crippen LogP contribution in [0.2, 0.25) is 0 Å². The van der Waals surface area contributed by atoms with Gasteiger partial charge in [-0.3, -0.25) is 0 Å². The van der Waals surface area contributed by atoms with Crippen LogP contribution in [0.5, 0.6) is 0 Å². The Labute approximate surface area is 137 Å². The van der Waals surface area contributed by atoms with Crippen LogP contribution in [0.1, 0.15) is 19.4 Å². The predicted octanol–water partition coefficient (Wildman–Crippen LogP) is 1.96. The summed E-state index contributed by atoms with van der Waals surface area (Å²) in [6, 6.07) is 3.10. The Balaban J connectivity index is 2.91. The van der Waals surface area contributed by atoms with Gasteiger partial charge in [0.05, 0.1) is 16.4 Å². The maximum atomic E-state index is 14.2. The van der Waals surface area contributed by atoms with E-state index in [1.807, 2.05) is 0 Å². The molecule has 0 radical (unpaired) electrons. The molecule has 0 aromatic heterocycles. The van der Waals surface area contributed by atoms with Crippen molar-refractivity contribution in [1.82, 2.24) is 4.72 Å². The van der Waals surface area contributed by atoms with E-state index in [9.17, 15) is 12.8 Å². The van der Waals surface area contributed by atoms with Gasteiger partial charge in [-0.2, -0.15) is 0 Å². The summed E-state index contributed by atoms with van der Waals surface area (Å²) in [5.41, 5.74) is 5.35. The van der Waals surface area contributed by atoms with E-state index in [2.05, 4.69) is 26.0 Å². The van der Waals surface area contributed by atoms with E-state index in [1.165, 1.54) is 6.07 Å². The molecule has 0 aliphatic rings. The predicted molar refractivity (Wildman–Crippen MR) is 90.5 cm³/mol. The van der Waals surface area contributed by atoms with E-state index in [0.29, 0.717) is 5.56 Å². The van der Waals surface area contributed by atoms with Gasteiger partial charge in [-0.25, -0.2) is 17.5 Å². The molecule has 0 aliphatic carbocycles. The van der Waals surface area contributed by atoms with E-state index in [4.69, 9.17) is 18.0 Å². The topological polar surface area (TPSA) is 84.2 Å². The average molecular weight is 398 g/mol. The first-order valence-corrected chi connectivity index (χ1v) is 9.03. The summed E-state index contributed by atoms with van der Waals surface area (Å²) >= 11 is 7.93. The first-order valence-electron chi connectivity index (χ1n) is 5.93. The molecule has 118 valence electrons. The Morgan fingerprint density at radius 1 is 1.48 bits per heavy atom. The largest absolute Gasteiger partial charge is 0.389 e. The number of rotatable bonds is 6. The highest BCUT2D eigenvalue weighted by Crippen LogP contribution is 2.27. The van der Waals surface area contributed by atoms with Crippen molar-refractivity contribution in [1.29, 1.82) is 0 Å². The van der Waals surface area contributed by atoms with E-state index < -0.39 is 21.4 Å². The standard InChI is InChI=1S/C12H17BrFN3O2S2/c1-12(2,17-21(3,18)19)6-16-8-5-4-7(11(15)20)9(13)10(8)14/h4-5,16-17H,6H2,1-3H3,(H2,15,20). The van der Waals surface area contributed by atoms with E-state index in [-0.39, 0.29) is 21.7 Å². The van der Waals surface area contributed by atoms with E-state index >= 15 is 0 Å². The number of halogens is 2. The molecule has 1 rings (SSSR count). The van der Waals surface area contributed by atoms with Gasteiger partial charge in [0.15, 0.2) is 5.82 Å². The molecule has 1 aromatic rings. The maximum Gasteiger partial charge on any atom is 0.209 e. The molecule has 0 bridgehead atoms. The zero-order valence-electron chi connectivity index (χ0n) is 11.8. The number of nitrogens with one attached hydrogen (secondary N) is 2. The Morgan fingerprint density at radius 2 is 2.05 bits per heavy atom. The first kappa shape index (κ1) is 18.3. The Morgan fingerprint density at radius 3 is 2.52 bits per heavy atom. The van der Waals surface area contributed by atoms with Gasteiger partial charge < -0.3 is 11.1 Å². The third kappa shape index (κ3) is 5.50. The summed E-state index contributed by atoms with van der Waals surface area (Å²) < 4.78 is 39.3. The van der Waals surface area contributed by atoms with Crippen molar-refractivity contribution >= 4 is 48.8 Å². The minimum Gasteiger partial charge on any atom is -0.389 e. The highest BCUT2D eigenvalue weighted by atomic mass is 79.9. The van der Waals surface area contributed by atoms with Crippen molar-refractivity contribution in [2.45, 2.75) is 19.4 Å². The van der Waals surface area contributed by atoms with Crippen molar-refractivity contribution in [3.63, 3.8) is 0 Å². The molecule has 1 aromatic carbocycles. The minimum absolute atomic E-state index is 0.0893. The zero-order chi connectivity index (χ0) is 16.4. The summed E-state index contributed by atoms with van der Waals surface area (Å²) in [5.74, 6) is -0.532. The molecule has 0 saturated carbocycles. The van der Waals surface area contributed by atoms with Crippen LogP contribution >= 0.6 is 28.1 Å². The van der Waals surface area contributed by atoms with Crippen LogP contribution in [0.3, 0.4) is 0 Å². The second-order valence-corrected chi connectivity index (χ2v) is 8.25. The smallest absolute Gasteiger partial charge is 0.209 e. The monoisotopic (exact) mass is 397 g/mol. The Hall–Kier alpha value is -0.770. The number of anilines is 1. The van der Waals surface area contributed by atoms with Crippen molar-refractivity contribution in [3.8, 4) is 0 Å². The highest BCUT2D eigenvalue weighted by molar-refractivity contribution is 9.10. The summed E-state index contributed by atoms with van der Waals surface area (Å²) in [5, 5.41) is 2.87. The number of thiocarbonyl (C=S) groups is 1. The highest BCUT2D eigenvalue weighted by Gasteiger charge is 2.23. The molecular weight excluding hydrogens is 381 g/mol. The fourth-order valence-corrected chi connectivity index (χ4v) is 3.67. The Kier molecular flexibility index (Phi) is 5.70. The normalized spacial score (nSPS) is 12.2. The number of hydrogen-bond acceptors (Lipinski definition) is 4.